The van der Waals surface area contributed by atoms with Crippen molar-refractivity contribution in [3.05, 3.63) is 76.8 Å². The second kappa shape index (κ2) is 9.40. The molecular weight excluding hydrogens is 336 g/mol. The number of hydrogen-bond acceptors (Lipinski definition) is 2. The number of ether oxygens (including phenoxy) is 1. The van der Waals surface area contributed by atoms with E-state index in [0.29, 0.717) is 18.1 Å². The molecule has 0 aromatic heterocycles. The molecule has 2 rings (SSSR count). The highest BCUT2D eigenvalue weighted by atomic mass is 35.5. The number of halogens is 1. The Morgan fingerprint density at radius 1 is 1.20 bits per heavy atom. The van der Waals surface area contributed by atoms with E-state index in [9.17, 15) is 9.90 Å². The van der Waals surface area contributed by atoms with E-state index in [4.69, 9.17) is 16.3 Å². The molecule has 0 unspecified atom stereocenters. The molecule has 2 aromatic rings. The molecular formula is C21H23ClO3. The van der Waals surface area contributed by atoms with Gasteiger partial charge in [0.05, 0.1) is 12.5 Å². The van der Waals surface area contributed by atoms with E-state index in [0.717, 1.165) is 16.7 Å². The van der Waals surface area contributed by atoms with E-state index >= 15 is 0 Å². The number of carbonyl (C=O) groups is 1. The summed E-state index contributed by atoms with van der Waals surface area (Å²) >= 11 is 5.97. The average molecular weight is 359 g/mol. The molecule has 0 bridgehead atoms. The van der Waals surface area contributed by atoms with E-state index in [2.05, 4.69) is 6.58 Å². The van der Waals surface area contributed by atoms with Crippen LogP contribution in [0.3, 0.4) is 0 Å². The van der Waals surface area contributed by atoms with Gasteiger partial charge in [-0.15, -0.1) is 0 Å². The van der Waals surface area contributed by atoms with Crippen molar-refractivity contribution in [3.8, 4) is 0 Å². The quantitative estimate of drug-likeness (QED) is 0.671. The third kappa shape index (κ3) is 5.73. The summed E-state index contributed by atoms with van der Waals surface area (Å²) in [4.78, 5) is 11.3. The molecule has 132 valence electrons. The highest BCUT2D eigenvalue weighted by Gasteiger charge is 2.26. The molecule has 0 aliphatic carbocycles. The highest BCUT2D eigenvalue weighted by Crippen LogP contribution is 2.29. The monoisotopic (exact) mass is 358 g/mol. The number of benzene rings is 2. The van der Waals surface area contributed by atoms with E-state index in [1.165, 1.54) is 0 Å². The Morgan fingerprint density at radius 2 is 1.84 bits per heavy atom. The number of hydrogen-bond donors (Lipinski definition) is 1. The van der Waals surface area contributed by atoms with Gasteiger partial charge in [-0.1, -0.05) is 60.7 Å². The molecule has 25 heavy (non-hydrogen) atoms. The lowest BCUT2D eigenvalue weighted by atomic mass is 9.85. The fourth-order valence-corrected chi connectivity index (χ4v) is 3.05. The van der Waals surface area contributed by atoms with Crippen molar-refractivity contribution >= 4 is 23.6 Å². The zero-order valence-corrected chi connectivity index (χ0v) is 15.1. The molecule has 0 saturated carbocycles. The van der Waals surface area contributed by atoms with Crippen LogP contribution < -0.4 is 0 Å². The van der Waals surface area contributed by atoms with Crippen molar-refractivity contribution in [1.82, 2.24) is 0 Å². The SMILES string of the molecule is C=Cc1ccc([C@@H](Cc2ccc(Cl)cc2)[C@@H](CC(=O)O)OCC)cc1. The van der Waals surface area contributed by atoms with Crippen LogP contribution in [-0.4, -0.2) is 23.8 Å². The Balaban J connectivity index is 2.34. The van der Waals surface area contributed by atoms with Crippen LogP contribution in [-0.2, 0) is 16.0 Å². The third-order valence-corrected chi connectivity index (χ3v) is 4.43. The average Bonchev–Trinajstić information content (AvgIpc) is 2.61. The maximum absolute atomic E-state index is 11.3. The first-order valence-corrected chi connectivity index (χ1v) is 8.71. The van der Waals surface area contributed by atoms with Crippen LogP contribution in [0.15, 0.2) is 55.1 Å². The van der Waals surface area contributed by atoms with Crippen LogP contribution >= 0.6 is 11.6 Å². The van der Waals surface area contributed by atoms with Crippen molar-refractivity contribution in [2.24, 2.45) is 0 Å². The normalized spacial score (nSPS) is 13.2. The van der Waals surface area contributed by atoms with Gasteiger partial charge in [0.15, 0.2) is 0 Å². The number of carboxylic acid groups (broad SMARTS) is 1. The molecule has 3 nitrogen and oxygen atoms in total. The molecule has 2 atom stereocenters. The molecule has 0 fully saturated rings. The van der Waals surface area contributed by atoms with Crippen LogP contribution in [0.4, 0.5) is 0 Å². The molecule has 0 aliphatic heterocycles. The first kappa shape index (κ1) is 19.2. The van der Waals surface area contributed by atoms with E-state index in [1.54, 1.807) is 6.08 Å². The Labute approximate surface area is 153 Å². The summed E-state index contributed by atoms with van der Waals surface area (Å²) in [5.41, 5.74) is 3.18. The van der Waals surface area contributed by atoms with Crippen LogP contribution in [0.2, 0.25) is 5.02 Å². The molecule has 1 N–H and O–H groups in total. The highest BCUT2D eigenvalue weighted by molar-refractivity contribution is 6.30. The fraction of sp³-hybridized carbons (Fsp3) is 0.286. The minimum Gasteiger partial charge on any atom is -0.481 e. The number of carboxylic acids is 1. The van der Waals surface area contributed by atoms with Gasteiger partial charge in [0, 0.05) is 17.5 Å². The van der Waals surface area contributed by atoms with Crippen molar-refractivity contribution in [1.29, 1.82) is 0 Å². The largest absolute Gasteiger partial charge is 0.481 e. The van der Waals surface area contributed by atoms with Gasteiger partial charge in [-0.05, 0) is 42.2 Å². The zero-order valence-electron chi connectivity index (χ0n) is 14.3. The summed E-state index contributed by atoms with van der Waals surface area (Å²) in [6, 6.07) is 15.6. The molecule has 4 heteroatoms. The van der Waals surface area contributed by atoms with E-state index in [1.807, 2.05) is 55.5 Å². The first-order valence-electron chi connectivity index (χ1n) is 8.33. The summed E-state index contributed by atoms with van der Waals surface area (Å²) in [5, 5.41) is 9.96. The molecule has 0 heterocycles. The summed E-state index contributed by atoms with van der Waals surface area (Å²) in [6.45, 7) is 6.13. The predicted octanol–water partition coefficient (Wildman–Crippen LogP) is 5.19. The Morgan fingerprint density at radius 3 is 2.36 bits per heavy atom. The molecule has 0 spiro atoms. The predicted molar refractivity (Wildman–Crippen MR) is 102 cm³/mol. The molecule has 0 amide bonds. The Hall–Kier alpha value is -2.10. The lowest BCUT2D eigenvalue weighted by Crippen LogP contribution is -2.27. The topological polar surface area (TPSA) is 46.5 Å². The summed E-state index contributed by atoms with van der Waals surface area (Å²) in [7, 11) is 0. The van der Waals surface area contributed by atoms with Crippen LogP contribution in [0, 0.1) is 0 Å². The Bertz CT molecular complexity index is 692. The Kier molecular flexibility index (Phi) is 7.23. The molecule has 0 aliphatic rings. The van der Waals surface area contributed by atoms with Crippen LogP contribution in [0.1, 0.15) is 36.0 Å². The second-order valence-corrected chi connectivity index (χ2v) is 6.34. The van der Waals surface area contributed by atoms with Crippen molar-refractivity contribution < 1.29 is 14.6 Å². The standard InChI is InChI=1S/C21H23ClO3/c1-3-15-5-9-17(10-6-15)19(20(25-4-2)14-21(23)24)13-16-7-11-18(22)12-8-16/h3,5-12,19-20H,1,4,13-14H2,2H3,(H,23,24)/t19-,20-/m1/s1. The van der Waals surface area contributed by atoms with Gasteiger partial charge < -0.3 is 9.84 Å². The first-order chi connectivity index (χ1) is 12.0. The molecule has 2 aromatic carbocycles. The van der Waals surface area contributed by atoms with E-state index < -0.39 is 12.1 Å². The number of rotatable bonds is 9. The van der Waals surface area contributed by atoms with Crippen molar-refractivity contribution in [2.75, 3.05) is 6.61 Å². The van der Waals surface area contributed by atoms with Crippen LogP contribution in [0.25, 0.3) is 6.08 Å². The fourth-order valence-electron chi connectivity index (χ4n) is 2.92. The minimum absolute atomic E-state index is 0.0324. The van der Waals surface area contributed by atoms with Crippen LogP contribution in [0.5, 0.6) is 0 Å². The van der Waals surface area contributed by atoms with Gasteiger partial charge in [0.25, 0.3) is 0 Å². The minimum atomic E-state index is -0.859. The summed E-state index contributed by atoms with van der Waals surface area (Å²) in [6.07, 6.45) is 2.04. The van der Waals surface area contributed by atoms with E-state index in [-0.39, 0.29) is 12.3 Å². The smallest absolute Gasteiger partial charge is 0.306 e. The summed E-state index contributed by atoms with van der Waals surface area (Å²) in [5.74, 6) is -0.918. The van der Waals surface area contributed by atoms with Gasteiger partial charge in [0.2, 0.25) is 0 Å². The maximum Gasteiger partial charge on any atom is 0.306 e. The third-order valence-electron chi connectivity index (χ3n) is 4.17. The van der Waals surface area contributed by atoms with Gasteiger partial charge in [0.1, 0.15) is 0 Å². The zero-order chi connectivity index (χ0) is 18.2. The maximum atomic E-state index is 11.3. The molecule has 0 saturated heterocycles. The van der Waals surface area contributed by atoms with Crippen molar-refractivity contribution in [2.45, 2.75) is 31.8 Å². The number of aliphatic carboxylic acids is 1. The van der Waals surface area contributed by atoms with Gasteiger partial charge >= 0.3 is 5.97 Å². The van der Waals surface area contributed by atoms with Gasteiger partial charge in [-0.2, -0.15) is 0 Å². The second-order valence-electron chi connectivity index (χ2n) is 5.90. The lowest BCUT2D eigenvalue weighted by Gasteiger charge is -2.27. The van der Waals surface area contributed by atoms with Gasteiger partial charge in [-0.25, -0.2) is 0 Å². The summed E-state index contributed by atoms with van der Waals surface area (Å²) < 4.78 is 5.79. The lowest BCUT2D eigenvalue weighted by molar-refractivity contribution is -0.140. The molecule has 0 radical (unpaired) electrons. The van der Waals surface area contributed by atoms with Gasteiger partial charge in [-0.3, -0.25) is 4.79 Å². The van der Waals surface area contributed by atoms with Crippen molar-refractivity contribution in [3.63, 3.8) is 0 Å².